The van der Waals surface area contributed by atoms with Crippen LogP contribution >= 0.6 is 0 Å². The third-order valence-corrected chi connectivity index (χ3v) is 4.09. The van der Waals surface area contributed by atoms with Crippen molar-refractivity contribution in [2.24, 2.45) is 0 Å². The number of rotatable bonds is 5. The minimum atomic E-state index is -0.479. The summed E-state index contributed by atoms with van der Waals surface area (Å²) in [4.78, 5) is 43.2. The normalized spacial score (nSPS) is 20.3. The summed E-state index contributed by atoms with van der Waals surface area (Å²) >= 11 is 0. The zero-order chi connectivity index (χ0) is 17.6. The number of carbonyl (C=O) groups excluding carboxylic acids is 3. The summed E-state index contributed by atoms with van der Waals surface area (Å²) < 4.78 is 10.2. The van der Waals surface area contributed by atoms with Gasteiger partial charge in [0.15, 0.2) is 0 Å². The highest BCUT2D eigenvalue weighted by Gasteiger charge is 2.32. The van der Waals surface area contributed by atoms with Gasteiger partial charge in [0.25, 0.3) is 0 Å². The van der Waals surface area contributed by atoms with Crippen LogP contribution in [0.25, 0.3) is 0 Å². The number of anilines is 1. The highest BCUT2D eigenvalue weighted by atomic mass is 16.6. The van der Waals surface area contributed by atoms with Crippen LogP contribution in [-0.4, -0.2) is 78.2 Å². The lowest BCUT2D eigenvalue weighted by Gasteiger charge is -2.36. The van der Waals surface area contributed by atoms with Gasteiger partial charge < -0.3 is 19.7 Å². The molecule has 0 saturated carbocycles. The topological polar surface area (TPSA) is 101 Å². The molecule has 2 aliphatic heterocycles. The maximum atomic E-state index is 12.5. The van der Waals surface area contributed by atoms with Gasteiger partial charge >= 0.3 is 6.09 Å². The van der Waals surface area contributed by atoms with Crippen molar-refractivity contribution in [1.82, 2.24) is 14.8 Å². The van der Waals surface area contributed by atoms with Crippen LogP contribution in [0.2, 0.25) is 0 Å². The van der Waals surface area contributed by atoms with Crippen molar-refractivity contribution in [3.8, 4) is 0 Å². The van der Waals surface area contributed by atoms with E-state index in [9.17, 15) is 14.4 Å². The van der Waals surface area contributed by atoms with Gasteiger partial charge in [-0.1, -0.05) is 0 Å². The predicted molar refractivity (Wildman–Crippen MR) is 86.7 cm³/mol. The number of carbonyl (C=O) groups is 3. The average Bonchev–Trinajstić information content (AvgIpc) is 3.01. The minimum Gasteiger partial charge on any atom is -0.448 e. The summed E-state index contributed by atoms with van der Waals surface area (Å²) in [7, 11) is 0. The molecule has 0 aliphatic carbocycles. The van der Waals surface area contributed by atoms with Crippen LogP contribution in [0.1, 0.15) is 6.42 Å². The average molecular weight is 348 g/mol. The first-order chi connectivity index (χ1) is 12.1. The quantitative estimate of drug-likeness (QED) is 0.809. The molecule has 0 radical (unpaired) electrons. The van der Waals surface area contributed by atoms with Crippen LogP contribution in [0, 0.1) is 0 Å². The number of nitrogens with one attached hydrogen (secondary N) is 1. The van der Waals surface area contributed by atoms with E-state index in [-0.39, 0.29) is 37.4 Å². The second-order valence-electron chi connectivity index (χ2n) is 5.85. The number of aromatic nitrogens is 1. The molecule has 3 rings (SSSR count). The molecule has 134 valence electrons. The number of hydrogen-bond donors (Lipinski definition) is 1. The molecule has 2 fully saturated rings. The Kier molecular flexibility index (Phi) is 5.44. The van der Waals surface area contributed by atoms with E-state index < -0.39 is 6.09 Å². The van der Waals surface area contributed by atoms with Gasteiger partial charge in [0, 0.05) is 19.2 Å². The molecular formula is C16H20N4O5. The van der Waals surface area contributed by atoms with Gasteiger partial charge in [0.1, 0.15) is 13.2 Å². The first kappa shape index (κ1) is 17.2. The van der Waals surface area contributed by atoms with Gasteiger partial charge in [0.05, 0.1) is 37.7 Å². The van der Waals surface area contributed by atoms with Crippen LogP contribution in [0.3, 0.4) is 0 Å². The van der Waals surface area contributed by atoms with E-state index in [2.05, 4.69) is 10.3 Å². The number of hydrogen-bond acceptors (Lipinski definition) is 6. The summed E-state index contributed by atoms with van der Waals surface area (Å²) in [5.74, 6) is -0.428. The van der Waals surface area contributed by atoms with Crippen molar-refractivity contribution in [3.05, 3.63) is 24.5 Å². The van der Waals surface area contributed by atoms with Crippen molar-refractivity contribution in [1.29, 1.82) is 0 Å². The molecule has 1 aromatic rings. The smallest absolute Gasteiger partial charge is 0.410 e. The predicted octanol–water partition coefficient (Wildman–Crippen LogP) is 0.0898. The molecule has 1 unspecified atom stereocenters. The zero-order valence-corrected chi connectivity index (χ0v) is 13.7. The van der Waals surface area contributed by atoms with Gasteiger partial charge in [-0.3, -0.25) is 19.5 Å². The van der Waals surface area contributed by atoms with E-state index in [1.54, 1.807) is 29.4 Å². The molecular weight excluding hydrogens is 328 g/mol. The summed E-state index contributed by atoms with van der Waals surface area (Å²) in [5.41, 5.74) is 0.599. The lowest BCUT2D eigenvalue weighted by atomic mass is 10.1. The second kappa shape index (κ2) is 7.93. The summed E-state index contributed by atoms with van der Waals surface area (Å²) in [5, 5.41) is 2.75. The molecule has 25 heavy (non-hydrogen) atoms. The molecule has 2 saturated heterocycles. The highest BCUT2D eigenvalue weighted by Crippen LogP contribution is 2.14. The molecule has 0 spiro atoms. The monoisotopic (exact) mass is 348 g/mol. The first-order valence-corrected chi connectivity index (χ1v) is 8.12. The van der Waals surface area contributed by atoms with E-state index >= 15 is 0 Å². The Hall–Kier alpha value is -2.68. The van der Waals surface area contributed by atoms with Crippen LogP contribution in [0.5, 0.6) is 0 Å². The largest absolute Gasteiger partial charge is 0.448 e. The summed E-state index contributed by atoms with van der Waals surface area (Å²) in [6.07, 6.45) is 2.81. The molecule has 0 aromatic carbocycles. The SMILES string of the molecule is O=C(CC1COCCN1C(=O)CN1CCOC1=O)Nc1cccnc1. The van der Waals surface area contributed by atoms with Crippen LogP contribution in [-0.2, 0) is 19.1 Å². The van der Waals surface area contributed by atoms with Crippen molar-refractivity contribution < 1.29 is 23.9 Å². The maximum Gasteiger partial charge on any atom is 0.410 e. The fourth-order valence-corrected chi connectivity index (χ4v) is 2.84. The number of morpholine rings is 1. The highest BCUT2D eigenvalue weighted by molar-refractivity contribution is 5.91. The van der Waals surface area contributed by atoms with Gasteiger partial charge in [0.2, 0.25) is 11.8 Å². The Morgan fingerprint density at radius 2 is 2.20 bits per heavy atom. The van der Waals surface area contributed by atoms with E-state index in [1.807, 2.05) is 0 Å². The van der Waals surface area contributed by atoms with Gasteiger partial charge in [-0.15, -0.1) is 0 Å². The van der Waals surface area contributed by atoms with Crippen molar-refractivity contribution in [2.45, 2.75) is 12.5 Å². The molecule has 2 aliphatic rings. The van der Waals surface area contributed by atoms with Gasteiger partial charge in [-0.05, 0) is 12.1 Å². The Morgan fingerprint density at radius 1 is 1.32 bits per heavy atom. The Bertz CT molecular complexity index is 639. The van der Waals surface area contributed by atoms with Crippen LogP contribution in [0.15, 0.2) is 24.5 Å². The number of ether oxygens (including phenoxy) is 2. The fraction of sp³-hybridized carbons (Fsp3) is 0.500. The number of cyclic esters (lactones) is 1. The van der Waals surface area contributed by atoms with Crippen molar-refractivity contribution in [2.75, 3.05) is 44.8 Å². The summed E-state index contributed by atoms with van der Waals surface area (Å²) in [6, 6.07) is 3.10. The molecule has 9 heteroatoms. The molecule has 0 bridgehead atoms. The van der Waals surface area contributed by atoms with Crippen molar-refractivity contribution >= 4 is 23.6 Å². The first-order valence-electron chi connectivity index (χ1n) is 8.12. The molecule has 3 amide bonds. The van der Waals surface area contributed by atoms with Crippen LogP contribution < -0.4 is 5.32 Å². The molecule has 1 atom stereocenters. The lowest BCUT2D eigenvalue weighted by Crippen LogP contribution is -2.52. The van der Waals surface area contributed by atoms with E-state index in [0.29, 0.717) is 32.0 Å². The third-order valence-electron chi connectivity index (χ3n) is 4.09. The Morgan fingerprint density at radius 3 is 2.92 bits per heavy atom. The summed E-state index contributed by atoms with van der Waals surface area (Å²) in [6.45, 7) is 1.76. The lowest BCUT2D eigenvalue weighted by molar-refractivity contribution is -0.141. The Labute approximate surface area is 144 Å². The Balaban J connectivity index is 1.57. The second-order valence-corrected chi connectivity index (χ2v) is 5.85. The number of amides is 3. The number of pyridine rings is 1. The van der Waals surface area contributed by atoms with Gasteiger partial charge in [-0.2, -0.15) is 0 Å². The van der Waals surface area contributed by atoms with Crippen molar-refractivity contribution in [3.63, 3.8) is 0 Å². The third kappa shape index (κ3) is 4.44. The van der Waals surface area contributed by atoms with E-state index in [4.69, 9.17) is 9.47 Å². The zero-order valence-electron chi connectivity index (χ0n) is 13.7. The number of nitrogens with zero attached hydrogens (tertiary/aromatic N) is 3. The molecule has 1 aromatic heterocycles. The fourth-order valence-electron chi connectivity index (χ4n) is 2.84. The van der Waals surface area contributed by atoms with E-state index in [1.165, 1.54) is 4.90 Å². The molecule has 1 N–H and O–H groups in total. The molecule has 9 nitrogen and oxygen atoms in total. The maximum absolute atomic E-state index is 12.5. The van der Waals surface area contributed by atoms with E-state index in [0.717, 1.165) is 0 Å². The minimum absolute atomic E-state index is 0.0421. The van der Waals surface area contributed by atoms with Gasteiger partial charge in [-0.25, -0.2) is 4.79 Å². The van der Waals surface area contributed by atoms with Crippen LogP contribution in [0.4, 0.5) is 10.5 Å². The standard InChI is InChI=1S/C16H20N4O5/c21-14(18-12-2-1-3-17-9-12)8-13-11-24-6-5-20(13)15(22)10-19-4-7-25-16(19)23/h1-3,9,13H,4-8,10-11H2,(H,18,21). The molecule has 3 heterocycles.